The molecule has 2 N–H and O–H groups in total. The fourth-order valence-corrected chi connectivity index (χ4v) is 2.73. The van der Waals surface area contributed by atoms with Crippen LogP contribution in [0, 0.1) is 0 Å². The second-order valence-corrected chi connectivity index (χ2v) is 5.24. The van der Waals surface area contributed by atoms with Crippen LogP contribution in [0.1, 0.15) is 11.1 Å². The molecule has 1 aliphatic rings. The molecule has 0 fully saturated rings. The minimum absolute atomic E-state index is 0.339. The van der Waals surface area contributed by atoms with Crippen LogP contribution in [0.2, 0.25) is 10.3 Å². The number of benzene rings is 1. The first-order valence-electron chi connectivity index (χ1n) is 5.95. The van der Waals surface area contributed by atoms with E-state index in [2.05, 4.69) is 21.2 Å². The predicted molar refractivity (Wildman–Crippen MR) is 77.7 cm³/mol. The summed E-state index contributed by atoms with van der Waals surface area (Å²) in [5.41, 5.74) is 10.1. The molecule has 2 aromatic rings. The van der Waals surface area contributed by atoms with Gasteiger partial charge < -0.3 is 10.6 Å². The van der Waals surface area contributed by atoms with Gasteiger partial charge in [0.05, 0.1) is 5.69 Å². The van der Waals surface area contributed by atoms with Gasteiger partial charge in [-0.05, 0) is 23.6 Å². The number of nitrogen functional groups attached to an aromatic ring is 1. The minimum Gasteiger partial charge on any atom is -0.398 e. The maximum absolute atomic E-state index is 6.09. The molecule has 1 aromatic heterocycles. The third-order valence-electron chi connectivity index (χ3n) is 3.35. The maximum atomic E-state index is 6.09. The largest absolute Gasteiger partial charge is 0.398 e. The van der Waals surface area contributed by atoms with Crippen LogP contribution < -0.4 is 10.6 Å². The quantitative estimate of drug-likeness (QED) is 0.822. The molecular weight excluding hydrogens is 283 g/mol. The Hall–Kier alpha value is -1.52. The summed E-state index contributed by atoms with van der Waals surface area (Å²) >= 11 is 12.0. The number of aromatic nitrogens is 2. The van der Waals surface area contributed by atoms with Crippen LogP contribution in [0.5, 0.6) is 0 Å². The summed E-state index contributed by atoms with van der Waals surface area (Å²) in [4.78, 5) is 2.13. The van der Waals surface area contributed by atoms with Gasteiger partial charge in [-0.3, -0.25) is 0 Å². The van der Waals surface area contributed by atoms with Gasteiger partial charge in [0.2, 0.25) is 0 Å². The van der Waals surface area contributed by atoms with Crippen LogP contribution in [0.25, 0.3) is 0 Å². The smallest absolute Gasteiger partial charge is 0.175 e. The molecule has 0 unspecified atom stereocenters. The van der Waals surface area contributed by atoms with E-state index in [4.69, 9.17) is 28.9 Å². The number of halogens is 2. The van der Waals surface area contributed by atoms with E-state index >= 15 is 0 Å². The molecule has 3 rings (SSSR count). The second kappa shape index (κ2) is 4.87. The van der Waals surface area contributed by atoms with Gasteiger partial charge in [0, 0.05) is 24.8 Å². The number of anilines is 2. The zero-order valence-electron chi connectivity index (χ0n) is 10.1. The fraction of sp³-hybridized carbons (Fsp3) is 0.231. The molecule has 0 radical (unpaired) electrons. The molecule has 0 aliphatic carbocycles. The van der Waals surface area contributed by atoms with Crippen molar-refractivity contribution in [3.8, 4) is 0 Å². The number of hydrogen-bond donors (Lipinski definition) is 1. The van der Waals surface area contributed by atoms with E-state index in [9.17, 15) is 0 Å². The van der Waals surface area contributed by atoms with Crippen LogP contribution in [-0.4, -0.2) is 16.7 Å². The SMILES string of the molecule is Nc1cccc2c1CN(c1cc(Cl)nnc1Cl)CC2. The molecule has 6 heteroatoms. The molecule has 98 valence electrons. The first-order valence-corrected chi connectivity index (χ1v) is 6.70. The summed E-state index contributed by atoms with van der Waals surface area (Å²) in [5, 5.41) is 8.27. The zero-order valence-corrected chi connectivity index (χ0v) is 11.6. The molecule has 0 atom stereocenters. The summed E-state index contributed by atoms with van der Waals surface area (Å²) in [6, 6.07) is 7.76. The molecular formula is C13H12Cl2N4. The van der Waals surface area contributed by atoms with Gasteiger partial charge in [-0.2, -0.15) is 0 Å². The van der Waals surface area contributed by atoms with Gasteiger partial charge in [-0.1, -0.05) is 35.3 Å². The second-order valence-electron chi connectivity index (χ2n) is 4.50. The van der Waals surface area contributed by atoms with E-state index in [0.717, 1.165) is 29.9 Å². The summed E-state index contributed by atoms with van der Waals surface area (Å²) < 4.78 is 0. The number of hydrogen-bond acceptors (Lipinski definition) is 4. The topological polar surface area (TPSA) is 55.0 Å². The third-order valence-corrected chi connectivity index (χ3v) is 3.80. The molecule has 19 heavy (non-hydrogen) atoms. The Kier molecular flexibility index (Phi) is 3.21. The number of fused-ring (bicyclic) bond motifs is 1. The van der Waals surface area contributed by atoms with Crippen LogP contribution in [-0.2, 0) is 13.0 Å². The summed E-state index contributed by atoms with van der Waals surface area (Å²) in [6.45, 7) is 1.57. The highest BCUT2D eigenvalue weighted by Gasteiger charge is 2.21. The van der Waals surface area contributed by atoms with E-state index in [0.29, 0.717) is 16.9 Å². The van der Waals surface area contributed by atoms with Crippen molar-refractivity contribution in [2.75, 3.05) is 17.2 Å². The van der Waals surface area contributed by atoms with Gasteiger partial charge in [0.25, 0.3) is 0 Å². The summed E-state index contributed by atoms with van der Waals surface area (Å²) in [5.74, 6) is 0. The van der Waals surface area contributed by atoms with Gasteiger partial charge in [-0.25, -0.2) is 0 Å². The van der Waals surface area contributed by atoms with Crippen molar-refractivity contribution in [1.82, 2.24) is 10.2 Å². The Morgan fingerprint density at radius 2 is 2.05 bits per heavy atom. The number of nitrogens with zero attached hydrogens (tertiary/aromatic N) is 3. The minimum atomic E-state index is 0.339. The zero-order chi connectivity index (χ0) is 13.4. The maximum Gasteiger partial charge on any atom is 0.175 e. The van der Waals surface area contributed by atoms with Crippen molar-refractivity contribution in [3.05, 3.63) is 45.7 Å². The molecule has 2 heterocycles. The average Bonchev–Trinajstić information content (AvgIpc) is 2.42. The van der Waals surface area contributed by atoms with Crippen LogP contribution in [0.3, 0.4) is 0 Å². The third kappa shape index (κ3) is 2.33. The predicted octanol–water partition coefficient (Wildman–Crippen LogP) is 2.93. The van der Waals surface area contributed by atoms with Crippen molar-refractivity contribution in [1.29, 1.82) is 0 Å². The van der Waals surface area contributed by atoms with Gasteiger partial charge in [0.15, 0.2) is 10.3 Å². The van der Waals surface area contributed by atoms with E-state index in [1.54, 1.807) is 6.07 Å². The van der Waals surface area contributed by atoms with E-state index in [1.165, 1.54) is 5.56 Å². The highest BCUT2D eigenvalue weighted by atomic mass is 35.5. The molecule has 0 saturated carbocycles. The van der Waals surface area contributed by atoms with Crippen molar-refractivity contribution in [2.45, 2.75) is 13.0 Å². The van der Waals surface area contributed by atoms with Crippen molar-refractivity contribution in [2.24, 2.45) is 0 Å². The fourth-order valence-electron chi connectivity index (χ4n) is 2.38. The molecule has 0 spiro atoms. The average molecular weight is 295 g/mol. The van der Waals surface area contributed by atoms with Crippen LogP contribution in [0.4, 0.5) is 11.4 Å². The molecule has 1 aliphatic heterocycles. The number of nitrogens with two attached hydrogens (primary N) is 1. The first kappa shape index (κ1) is 12.5. The highest BCUT2D eigenvalue weighted by molar-refractivity contribution is 6.33. The Labute approximate surface area is 121 Å². The van der Waals surface area contributed by atoms with Gasteiger partial charge in [-0.15, -0.1) is 10.2 Å². The molecule has 1 aromatic carbocycles. The highest BCUT2D eigenvalue weighted by Crippen LogP contribution is 2.31. The molecule has 4 nitrogen and oxygen atoms in total. The van der Waals surface area contributed by atoms with E-state index in [-0.39, 0.29) is 0 Å². The lowest BCUT2D eigenvalue weighted by Gasteiger charge is -2.31. The van der Waals surface area contributed by atoms with Crippen molar-refractivity contribution in [3.63, 3.8) is 0 Å². The molecule has 0 amide bonds. The first-order chi connectivity index (χ1) is 9.15. The van der Waals surface area contributed by atoms with Crippen molar-refractivity contribution >= 4 is 34.6 Å². The molecule has 0 saturated heterocycles. The summed E-state index contributed by atoms with van der Waals surface area (Å²) in [6.07, 6.45) is 0.927. The lowest BCUT2D eigenvalue weighted by molar-refractivity contribution is 0.730. The Morgan fingerprint density at radius 3 is 2.89 bits per heavy atom. The van der Waals surface area contributed by atoms with E-state index in [1.807, 2.05) is 12.1 Å². The lowest BCUT2D eigenvalue weighted by atomic mass is 9.98. The lowest BCUT2D eigenvalue weighted by Crippen LogP contribution is -2.31. The normalized spacial score (nSPS) is 14.3. The van der Waals surface area contributed by atoms with Crippen LogP contribution >= 0.6 is 23.2 Å². The van der Waals surface area contributed by atoms with Gasteiger partial charge in [0.1, 0.15) is 0 Å². The summed E-state index contributed by atoms with van der Waals surface area (Å²) in [7, 11) is 0. The van der Waals surface area contributed by atoms with Crippen LogP contribution in [0.15, 0.2) is 24.3 Å². The Bertz CT molecular complexity index is 630. The Balaban J connectivity index is 1.97. The molecule has 0 bridgehead atoms. The van der Waals surface area contributed by atoms with Crippen molar-refractivity contribution < 1.29 is 0 Å². The standard InChI is InChI=1S/C13H12Cl2N4/c14-12-6-11(13(15)18-17-12)19-5-4-8-2-1-3-10(16)9(8)7-19/h1-3,6H,4-5,7,16H2. The van der Waals surface area contributed by atoms with Gasteiger partial charge >= 0.3 is 0 Å². The monoisotopic (exact) mass is 294 g/mol. The Morgan fingerprint density at radius 1 is 1.21 bits per heavy atom. The number of rotatable bonds is 1. The van der Waals surface area contributed by atoms with E-state index < -0.39 is 0 Å².